The fourth-order valence-corrected chi connectivity index (χ4v) is 3.91. The molecule has 0 spiro atoms. The molecule has 1 fully saturated rings. The van der Waals surface area contributed by atoms with Crippen LogP contribution >= 0.6 is 24.0 Å². The van der Waals surface area contributed by atoms with Gasteiger partial charge in [-0.05, 0) is 30.7 Å². The summed E-state index contributed by atoms with van der Waals surface area (Å²) in [6.07, 6.45) is 5.85. The minimum absolute atomic E-state index is 0.0405. The van der Waals surface area contributed by atoms with Crippen molar-refractivity contribution in [3.63, 3.8) is 0 Å². The molecular weight excluding hydrogens is 362 g/mol. The Morgan fingerprint density at radius 1 is 1.12 bits per heavy atom. The number of hydrogen-bond acceptors (Lipinski definition) is 4. The topological polar surface area (TPSA) is 29.5 Å². The highest BCUT2D eigenvalue weighted by molar-refractivity contribution is 8.26. The van der Waals surface area contributed by atoms with Crippen molar-refractivity contribution in [3.8, 4) is 5.75 Å². The molecule has 1 heterocycles. The quantitative estimate of drug-likeness (QED) is 0.520. The fraction of sp³-hybridized carbons (Fsp3) is 0.143. The Kier molecular flexibility index (Phi) is 6.26. The minimum Gasteiger partial charge on any atom is -0.489 e. The van der Waals surface area contributed by atoms with E-state index in [2.05, 4.69) is 0 Å². The lowest BCUT2D eigenvalue weighted by molar-refractivity contribution is -0.121. The average molecular weight is 382 g/mol. The van der Waals surface area contributed by atoms with E-state index in [-0.39, 0.29) is 5.91 Å². The van der Waals surface area contributed by atoms with Crippen molar-refractivity contribution in [3.05, 3.63) is 76.7 Å². The molecule has 3 nitrogen and oxygen atoms in total. The maximum Gasteiger partial charge on any atom is 0.266 e. The zero-order chi connectivity index (χ0) is 18.4. The number of amides is 1. The standard InChI is InChI=1S/C21H19NO2S2/c1-2-22-20(23)19(26-21(22)25)15-17-12-6-7-13-18(17)24-14-8-11-16-9-4-3-5-10-16/h3-13,15H,2,14H2,1H3/b11-8+,19-15+. The highest BCUT2D eigenvalue weighted by Crippen LogP contribution is 2.33. The minimum atomic E-state index is -0.0405. The molecule has 132 valence electrons. The van der Waals surface area contributed by atoms with Crippen molar-refractivity contribution in [1.82, 2.24) is 4.90 Å². The van der Waals surface area contributed by atoms with Crippen LogP contribution in [0.25, 0.3) is 12.2 Å². The van der Waals surface area contributed by atoms with Gasteiger partial charge in [-0.2, -0.15) is 0 Å². The lowest BCUT2D eigenvalue weighted by Gasteiger charge is -2.10. The summed E-state index contributed by atoms with van der Waals surface area (Å²) in [7, 11) is 0. The molecule has 26 heavy (non-hydrogen) atoms. The van der Waals surface area contributed by atoms with Crippen LogP contribution in [0.1, 0.15) is 18.1 Å². The van der Waals surface area contributed by atoms with Crippen LogP contribution in [0.2, 0.25) is 0 Å². The molecule has 2 aromatic rings. The lowest BCUT2D eigenvalue weighted by atomic mass is 10.2. The van der Waals surface area contributed by atoms with Crippen molar-refractivity contribution >= 4 is 46.4 Å². The number of benzene rings is 2. The van der Waals surface area contributed by atoms with Crippen LogP contribution in [-0.4, -0.2) is 28.3 Å². The number of para-hydroxylation sites is 1. The Balaban J connectivity index is 1.71. The number of ether oxygens (including phenoxy) is 1. The second kappa shape index (κ2) is 8.83. The van der Waals surface area contributed by atoms with Crippen molar-refractivity contribution in [1.29, 1.82) is 0 Å². The second-order valence-electron chi connectivity index (χ2n) is 5.59. The summed E-state index contributed by atoms with van der Waals surface area (Å²) >= 11 is 6.60. The number of thiocarbonyl (C=S) groups is 1. The first-order valence-corrected chi connectivity index (χ1v) is 9.60. The number of carbonyl (C=O) groups is 1. The van der Waals surface area contributed by atoms with Gasteiger partial charge in [0.05, 0.1) is 4.91 Å². The van der Waals surface area contributed by atoms with E-state index in [1.54, 1.807) is 4.90 Å². The highest BCUT2D eigenvalue weighted by atomic mass is 32.2. The first kappa shape index (κ1) is 18.4. The monoisotopic (exact) mass is 381 g/mol. The molecule has 1 amide bonds. The fourth-order valence-electron chi connectivity index (χ4n) is 2.53. The molecule has 0 atom stereocenters. The summed E-state index contributed by atoms with van der Waals surface area (Å²) in [4.78, 5) is 14.6. The Hall–Kier alpha value is -2.37. The number of rotatable bonds is 6. The van der Waals surface area contributed by atoms with Crippen LogP contribution in [0.4, 0.5) is 0 Å². The first-order valence-electron chi connectivity index (χ1n) is 8.38. The van der Waals surface area contributed by atoms with Crippen molar-refractivity contribution in [2.45, 2.75) is 6.92 Å². The molecule has 3 rings (SSSR count). The van der Waals surface area contributed by atoms with Crippen LogP contribution in [0.3, 0.4) is 0 Å². The molecule has 0 N–H and O–H groups in total. The number of nitrogens with zero attached hydrogens (tertiary/aromatic N) is 1. The summed E-state index contributed by atoms with van der Waals surface area (Å²) in [5, 5.41) is 0. The third-order valence-electron chi connectivity index (χ3n) is 3.84. The smallest absolute Gasteiger partial charge is 0.266 e. The van der Waals surface area contributed by atoms with Gasteiger partial charge in [0.25, 0.3) is 5.91 Å². The van der Waals surface area contributed by atoms with Gasteiger partial charge in [0.1, 0.15) is 16.7 Å². The molecule has 0 aliphatic carbocycles. The van der Waals surface area contributed by atoms with E-state index < -0.39 is 0 Å². The summed E-state index contributed by atoms with van der Waals surface area (Å²) in [6.45, 7) is 2.96. The van der Waals surface area contributed by atoms with Crippen molar-refractivity contribution < 1.29 is 9.53 Å². The van der Waals surface area contributed by atoms with Gasteiger partial charge in [0.15, 0.2) is 0 Å². The van der Waals surface area contributed by atoms with E-state index >= 15 is 0 Å². The van der Waals surface area contributed by atoms with Crippen LogP contribution in [-0.2, 0) is 4.79 Å². The molecule has 0 bridgehead atoms. The molecule has 1 aliphatic rings. The van der Waals surface area contributed by atoms with Gasteiger partial charge in [0, 0.05) is 12.1 Å². The molecule has 0 unspecified atom stereocenters. The van der Waals surface area contributed by atoms with Gasteiger partial charge in [-0.3, -0.25) is 9.69 Å². The predicted octanol–water partition coefficient (Wildman–Crippen LogP) is 5.00. The summed E-state index contributed by atoms with van der Waals surface area (Å²) < 4.78 is 6.49. The highest BCUT2D eigenvalue weighted by Gasteiger charge is 2.30. The first-order chi connectivity index (χ1) is 12.7. The predicted molar refractivity (Wildman–Crippen MR) is 113 cm³/mol. The molecule has 1 aliphatic heterocycles. The van der Waals surface area contributed by atoms with E-state index in [0.29, 0.717) is 22.4 Å². The van der Waals surface area contributed by atoms with Crippen LogP contribution < -0.4 is 4.74 Å². The molecular formula is C21H19NO2S2. The van der Waals surface area contributed by atoms with E-state index in [1.807, 2.05) is 79.7 Å². The zero-order valence-electron chi connectivity index (χ0n) is 14.4. The SMILES string of the molecule is CCN1C(=O)/C(=C\c2ccccc2OC/C=C/c2ccccc2)SC1=S. The van der Waals surface area contributed by atoms with E-state index in [1.165, 1.54) is 11.8 Å². The summed E-state index contributed by atoms with van der Waals surface area (Å²) in [5.41, 5.74) is 2.00. The largest absolute Gasteiger partial charge is 0.489 e. The normalized spacial score (nSPS) is 16.0. The average Bonchev–Trinajstić information content (AvgIpc) is 2.93. The lowest BCUT2D eigenvalue weighted by Crippen LogP contribution is -2.27. The van der Waals surface area contributed by atoms with Gasteiger partial charge in [-0.25, -0.2) is 0 Å². The van der Waals surface area contributed by atoms with Crippen molar-refractivity contribution in [2.24, 2.45) is 0 Å². The summed E-state index contributed by atoms with van der Waals surface area (Å²) in [6, 6.07) is 17.8. The van der Waals surface area contributed by atoms with E-state index in [9.17, 15) is 4.79 Å². The number of hydrogen-bond donors (Lipinski definition) is 0. The van der Waals surface area contributed by atoms with Gasteiger partial charge < -0.3 is 4.74 Å². The van der Waals surface area contributed by atoms with Crippen LogP contribution in [0, 0.1) is 0 Å². The van der Waals surface area contributed by atoms with Gasteiger partial charge in [0.2, 0.25) is 0 Å². The Morgan fingerprint density at radius 2 is 1.85 bits per heavy atom. The third-order valence-corrected chi connectivity index (χ3v) is 5.22. The molecule has 0 radical (unpaired) electrons. The Morgan fingerprint density at radius 3 is 2.58 bits per heavy atom. The van der Waals surface area contributed by atoms with E-state index in [4.69, 9.17) is 17.0 Å². The Labute approximate surface area is 163 Å². The molecule has 2 aromatic carbocycles. The number of likely N-dealkylation sites (N-methyl/N-ethyl adjacent to an activating group) is 1. The maximum atomic E-state index is 12.4. The molecule has 1 saturated heterocycles. The van der Waals surface area contributed by atoms with Gasteiger partial charge >= 0.3 is 0 Å². The Bertz CT molecular complexity index is 859. The van der Waals surface area contributed by atoms with Gasteiger partial charge in [-0.1, -0.05) is 78.6 Å². The molecule has 0 aromatic heterocycles. The van der Waals surface area contributed by atoms with Gasteiger partial charge in [-0.15, -0.1) is 0 Å². The number of thioether (sulfide) groups is 1. The van der Waals surface area contributed by atoms with E-state index in [0.717, 1.165) is 16.9 Å². The summed E-state index contributed by atoms with van der Waals surface area (Å²) in [5.74, 6) is 0.702. The number of carbonyl (C=O) groups excluding carboxylic acids is 1. The molecule has 5 heteroatoms. The maximum absolute atomic E-state index is 12.4. The van der Waals surface area contributed by atoms with Crippen LogP contribution in [0.15, 0.2) is 65.6 Å². The molecule has 0 saturated carbocycles. The second-order valence-corrected chi connectivity index (χ2v) is 7.26. The zero-order valence-corrected chi connectivity index (χ0v) is 16.1. The van der Waals surface area contributed by atoms with Crippen LogP contribution in [0.5, 0.6) is 5.75 Å². The third kappa shape index (κ3) is 4.42. The van der Waals surface area contributed by atoms with Crippen molar-refractivity contribution in [2.75, 3.05) is 13.2 Å².